The van der Waals surface area contributed by atoms with Gasteiger partial charge < -0.3 is 10.5 Å². The summed E-state index contributed by atoms with van der Waals surface area (Å²) in [5, 5.41) is 0. The van der Waals surface area contributed by atoms with E-state index in [9.17, 15) is 4.79 Å². The maximum Gasteiger partial charge on any atom is 0.309 e. The average molecular weight is 157 g/mol. The Morgan fingerprint density at radius 3 is 2.45 bits per heavy atom. The van der Waals surface area contributed by atoms with Crippen LogP contribution in [0.15, 0.2) is 0 Å². The summed E-state index contributed by atoms with van der Waals surface area (Å²) in [6.07, 6.45) is 0. The molecular formula is C8H15NO2. The number of ether oxygens (including phenoxy) is 1. The lowest BCUT2D eigenvalue weighted by molar-refractivity contribution is -0.143. The largest absolute Gasteiger partial charge is 0.469 e. The first-order chi connectivity index (χ1) is 5.05. The number of methoxy groups -OCH3 is 1. The van der Waals surface area contributed by atoms with Crippen molar-refractivity contribution in [2.24, 2.45) is 23.0 Å². The van der Waals surface area contributed by atoms with E-state index in [0.29, 0.717) is 12.5 Å². The second-order valence-electron chi connectivity index (χ2n) is 3.66. The second kappa shape index (κ2) is 2.48. The van der Waals surface area contributed by atoms with E-state index in [1.807, 2.05) is 13.8 Å². The van der Waals surface area contributed by atoms with Gasteiger partial charge in [-0.25, -0.2) is 0 Å². The molecule has 64 valence electrons. The van der Waals surface area contributed by atoms with E-state index in [2.05, 4.69) is 4.74 Å². The lowest BCUT2D eigenvalue weighted by Gasteiger charge is -1.99. The van der Waals surface area contributed by atoms with Crippen LogP contribution < -0.4 is 5.73 Å². The summed E-state index contributed by atoms with van der Waals surface area (Å²) in [4.78, 5) is 11.1. The van der Waals surface area contributed by atoms with Crippen LogP contribution in [0.2, 0.25) is 0 Å². The van der Waals surface area contributed by atoms with Gasteiger partial charge in [0.05, 0.1) is 13.0 Å². The molecule has 3 heteroatoms. The maximum absolute atomic E-state index is 11.1. The highest BCUT2D eigenvalue weighted by atomic mass is 16.5. The third-order valence-electron chi connectivity index (χ3n) is 2.76. The van der Waals surface area contributed by atoms with Gasteiger partial charge in [-0.3, -0.25) is 4.79 Å². The van der Waals surface area contributed by atoms with Crippen molar-refractivity contribution in [3.8, 4) is 0 Å². The van der Waals surface area contributed by atoms with E-state index < -0.39 is 0 Å². The van der Waals surface area contributed by atoms with Crippen molar-refractivity contribution in [2.45, 2.75) is 13.8 Å². The summed E-state index contributed by atoms with van der Waals surface area (Å²) in [5.41, 5.74) is 5.54. The highest BCUT2D eigenvalue weighted by Crippen LogP contribution is 2.57. The Morgan fingerprint density at radius 1 is 1.64 bits per heavy atom. The van der Waals surface area contributed by atoms with Gasteiger partial charge in [0, 0.05) is 0 Å². The summed E-state index contributed by atoms with van der Waals surface area (Å²) >= 11 is 0. The van der Waals surface area contributed by atoms with Gasteiger partial charge >= 0.3 is 5.97 Å². The van der Waals surface area contributed by atoms with Gasteiger partial charge in [0.15, 0.2) is 0 Å². The standard InChI is InChI=1S/C8H15NO2/c1-8(2)5(4-9)6(8)7(10)11-3/h5-6H,4,9H2,1-3H3/t5-,6+/m1/s1. The molecule has 1 aliphatic carbocycles. The number of esters is 1. The Labute approximate surface area is 66.9 Å². The quantitative estimate of drug-likeness (QED) is 0.590. The minimum absolute atomic E-state index is 0.0255. The summed E-state index contributed by atoms with van der Waals surface area (Å²) in [5.74, 6) is 0.220. The van der Waals surface area contributed by atoms with E-state index >= 15 is 0 Å². The summed E-state index contributed by atoms with van der Waals surface area (Å²) in [6.45, 7) is 4.67. The van der Waals surface area contributed by atoms with Crippen molar-refractivity contribution in [3.63, 3.8) is 0 Å². The molecule has 1 aliphatic rings. The number of nitrogens with two attached hydrogens (primary N) is 1. The summed E-state index contributed by atoms with van der Waals surface area (Å²) in [6, 6.07) is 0. The van der Waals surface area contributed by atoms with Gasteiger partial charge in [-0.2, -0.15) is 0 Å². The molecule has 0 aliphatic heterocycles. The normalized spacial score (nSPS) is 33.1. The molecule has 1 fully saturated rings. The molecule has 11 heavy (non-hydrogen) atoms. The number of carbonyl (C=O) groups is 1. The number of rotatable bonds is 2. The fourth-order valence-corrected chi connectivity index (χ4v) is 1.78. The molecule has 0 radical (unpaired) electrons. The maximum atomic E-state index is 11.1. The van der Waals surface area contributed by atoms with Crippen molar-refractivity contribution in [1.82, 2.24) is 0 Å². The van der Waals surface area contributed by atoms with Crippen LogP contribution in [0.5, 0.6) is 0 Å². The molecule has 1 rings (SSSR count). The molecule has 0 aromatic carbocycles. The van der Waals surface area contributed by atoms with Crippen molar-refractivity contribution >= 4 is 5.97 Å². The van der Waals surface area contributed by atoms with Crippen LogP contribution in [-0.4, -0.2) is 19.6 Å². The molecule has 0 saturated heterocycles. The summed E-state index contributed by atoms with van der Waals surface area (Å²) < 4.78 is 4.65. The Morgan fingerprint density at radius 2 is 2.18 bits per heavy atom. The third kappa shape index (κ3) is 1.13. The Bertz CT molecular complexity index is 177. The molecule has 2 N–H and O–H groups in total. The molecule has 0 unspecified atom stereocenters. The third-order valence-corrected chi connectivity index (χ3v) is 2.76. The van der Waals surface area contributed by atoms with Gasteiger partial charge in [-0.1, -0.05) is 13.8 Å². The molecule has 0 heterocycles. The van der Waals surface area contributed by atoms with Crippen molar-refractivity contribution in [2.75, 3.05) is 13.7 Å². The molecule has 3 nitrogen and oxygen atoms in total. The Balaban J connectivity index is 2.58. The predicted octanol–water partition coefficient (Wildman–Crippen LogP) is 0.390. The fraction of sp³-hybridized carbons (Fsp3) is 0.875. The molecule has 0 amide bonds. The zero-order chi connectivity index (χ0) is 8.65. The zero-order valence-electron chi connectivity index (χ0n) is 7.26. The average Bonchev–Trinajstić information content (AvgIpc) is 2.51. The number of hydrogen-bond donors (Lipinski definition) is 1. The molecule has 0 spiro atoms. The number of carbonyl (C=O) groups excluding carboxylic acids is 1. The van der Waals surface area contributed by atoms with Gasteiger partial charge in [0.2, 0.25) is 0 Å². The molecule has 0 aromatic heterocycles. The SMILES string of the molecule is COC(=O)[C@@H]1[C@@H](CN)C1(C)C. The van der Waals surface area contributed by atoms with Crippen LogP contribution in [0.25, 0.3) is 0 Å². The monoisotopic (exact) mass is 157 g/mol. The van der Waals surface area contributed by atoms with Crippen molar-refractivity contribution < 1.29 is 9.53 Å². The second-order valence-corrected chi connectivity index (χ2v) is 3.66. The van der Waals surface area contributed by atoms with Crippen LogP contribution >= 0.6 is 0 Å². The van der Waals surface area contributed by atoms with Gasteiger partial charge in [0.25, 0.3) is 0 Å². The lowest BCUT2D eigenvalue weighted by atomic mass is 10.1. The van der Waals surface area contributed by atoms with Crippen molar-refractivity contribution in [3.05, 3.63) is 0 Å². The van der Waals surface area contributed by atoms with E-state index in [4.69, 9.17) is 5.73 Å². The van der Waals surface area contributed by atoms with Gasteiger partial charge in [-0.15, -0.1) is 0 Å². The minimum Gasteiger partial charge on any atom is -0.469 e. The summed E-state index contributed by atoms with van der Waals surface area (Å²) in [7, 11) is 1.42. The smallest absolute Gasteiger partial charge is 0.309 e. The zero-order valence-corrected chi connectivity index (χ0v) is 7.26. The highest BCUT2D eigenvalue weighted by Gasteiger charge is 2.61. The van der Waals surface area contributed by atoms with Crippen LogP contribution in [-0.2, 0) is 9.53 Å². The first-order valence-corrected chi connectivity index (χ1v) is 3.83. The van der Waals surface area contributed by atoms with Crippen LogP contribution in [0.4, 0.5) is 0 Å². The van der Waals surface area contributed by atoms with Crippen LogP contribution in [0.1, 0.15) is 13.8 Å². The van der Waals surface area contributed by atoms with E-state index in [-0.39, 0.29) is 17.3 Å². The van der Waals surface area contributed by atoms with E-state index in [1.165, 1.54) is 7.11 Å². The van der Waals surface area contributed by atoms with Crippen LogP contribution in [0, 0.1) is 17.3 Å². The first-order valence-electron chi connectivity index (χ1n) is 3.83. The predicted molar refractivity (Wildman–Crippen MR) is 41.8 cm³/mol. The highest BCUT2D eigenvalue weighted by molar-refractivity contribution is 5.77. The van der Waals surface area contributed by atoms with Crippen molar-refractivity contribution in [1.29, 1.82) is 0 Å². The van der Waals surface area contributed by atoms with E-state index in [1.54, 1.807) is 0 Å². The fourth-order valence-electron chi connectivity index (χ4n) is 1.78. The topological polar surface area (TPSA) is 52.3 Å². The molecule has 1 saturated carbocycles. The Hall–Kier alpha value is -0.570. The first kappa shape index (κ1) is 8.53. The van der Waals surface area contributed by atoms with Crippen LogP contribution in [0.3, 0.4) is 0 Å². The minimum atomic E-state index is -0.120. The number of hydrogen-bond acceptors (Lipinski definition) is 3. The molecule has 0 bridgehead atoms. The van der Waals surface area contributed by atoms with E-state index in [0.717, 1.165) is 0 Å². The van der Waals surface area contributed by atoms with Gasteiger partial charge in [-0.05, 0) is 17.9 Å². The molecule has 0 aromatic rings. The van der Waals surface area contributed by atoms with Gasteiger partial charge in [0.1, 0.15) is 0 Å². The lowest BCUT2D eigenvalue weighted by Crippen LogP contribution is -2.09. The Kier molecular flexibility index (Phi) is 1.92. The molecule has 2 atom stereocenters. The molecular weight excluding hydrogens is 142 g/mol.